The van der Waals surface area contributed by atoms with Gasteiger partial charge in [0.15, 0.2) is 0 Å². The second kappa shape index (κ2) is 6.03. The fourth-order valence-corrected chi connectivity index (χ4v) is 2.76. The van der Waals surface area contributed by atoms with Crippen molar-refractivity contribution in [2.75, 3.05) is 6.54 Å². The Hall–Kier alpha value is -1.32. The lowest BCUT2D eigenvalue weighted by molar-refractivity contribution is 0.0940. The van der Waals surface area contributed by atoms with Crippen molar-refractivity contribution < 1.29 is 4.79 Å². The maximum Gasteiger partial charge on any atom is 0.254 e. The molecule has 100 valence electrons. The van der Waals surface area contributed by atoms with E-state index in [2.05, 4.69) is 22.4 Å². The molecule has 1 aliphatic rings. The van der Waals surface area contributed by atoms with Crippen molar-refractivity contribution in [3.8, 4) is 0 Å². The maximum absolute atomic E-state index is 11.9. The Bertz CT molecular complexity index is 391. The number of nitrogens with one attached hydrogen (secondary N) is 2. The summed E-state index contributed by atoms with van der Waals surface area (Å²) in [5.74, 6) is 1.57. The first kappa shape index (κ1) is 13.1. The van der Waals surface area contributed by atoms with Crippen LogP contribution >= 0.6 is 0 Å². The minimum absolute atomic E-state index is 0.00105. The molecule has 2 rings (SSSR count). The summed E-state index contributed by atoms with van der Waals surface area (Å²) in [6, 6.07) is 0. The van der Waals surface area contributed by atoms with Crippen LogP contribution in [0.5, 0.6) is 0 Å². The molecule has 1 aromatic rings. The molecule has 0 aliphatic heterocycles. The molecule has 0 bridgehead atoms. The molecule has 2 N–H and O–H groups in total. The van der Waals surface area contributed by atoms with E-state index in [9.17, 15) is 4.79 Å². The topological polar surface area (TPSA) is 57.8 Å². The van der Waals surface area contributed by atoms with Crippen LogP contribution in [-0.4, -0.2) is 22.6 Å². The van der Waals surface area contributed by atoms with Crippen LogP contribution in [0.3, 0.4) is 0 Å². The van der Waals surface area contributed by atoms with Gasteiger partial charge in [-0.25, -0.2) is 0 Å². The molecule has 0 atom stereocenters. The summed E-state index contributed by atoms with van der Waals surface area (Å²) in [6.07, 6.45) is 8.04. The Balaban J connectivity index is 1.76. The van der Waals surface area contributed by atoms with Gasteiger partial charge in [-0.15, -0.1) is 0 Å². The Morgan fingerprint density at radius 1 is 1.39 bits per heavy atom. The van der Waals surface area contributed by atoms with Gasteiger partial charge in [-0.2, -0.15) is 5.10 Å². The van der Waals surface area contributed by atoms with Gasteiger partial charge in [0.2, 0.25) is 0 Å². The highest BCUT2D eigenvalue weighted by molar-refractivity contribution is 5.94. The van der Waals surface area contributed by atoms with Crippen LogP contribution in [-0.2, 0) is 0 Å². The van der Waals surface area contributed by atoms with E-state index in [0.717, 1.165) is 18.2 Å². The highest BCUT2D eigenvalue weighted by atomic mass is 16.1. The van der Waals surface area contributed by atoms with E-state index in [1.807, 2.05) is 6.92 Å². The van der Waals surface area contributed by atoms with E-state index < -0.39 is 0 Å². The lowest BCUT2D eigenvalue weighted by Gasteiger charge is -2.27. The summed E-state index contributed by atoms with van der Waals surface area (Å²) in [5, 5.41) is 9.69. The number of nitrogens with zero attached hydrogens (tertiary/aromatic N) is 1. The SMILES string of the molecule is CCC1CCC(CNC(=O)c2cn[nH]c2C)CC1. The quantitative estimate of drug-likeness (QED) is 0.862. The van der Waals surface area contributed by atoms with E-state index >= 15 is 0 Å². The number of amides is 1. The maximum atomic E-state index is 11.9. The van der Waals surface area contributed by atoms with Crippen molar-refractivity contribution in [2.24, 2.45) is 11.8 Å². The largest absolute Gasteiger partial charge is 0.352 e. The zero-order chi connectivity index (χ0) is 13.0. The summed E-state index contributed by atoms with van der Waals surface area (Å²) in [4.78, 5) is 11.9. The smallest absolute Gasteiger partial charge is 0.254 e. The zero-order valence-corrected chi connectivity index (χ0v) is 11.3. The highest BCUT2D eigenvalue weighted by Crippen LogP contribution is 2.30. The normalized spacial score (nSPS) is 23.9. The number of carbonyl (C=O) groups excluding carboxylic acids is 1. The third-order valence-electron chi connectivity index (χ3n) is 4.17. The summed E-state index contributed by atoms with van der Waals surface area (Å²) in [5.41, 5.74) is 1.50. The lowest BCUT2D eigenvalue weighted by Crippen LogP contribution is -2.31. The van der Waals surface area contributed by atoms with Crippen molar-refractivity contribution in [3.63, 3.8) is 0 Å². The van der Waals surface area contributed by atoms with E-state index in [-0.39, 0.29) is 5.91 Å². The number of rotatable bonds is 4. The number of aromatic nitrogens is 2. The van der Waals surface area contributed by atoms with Crippen LogP contribution in [0.4, 0.5) is 0 Å². The van der Waals surface area contributed by atoms with Crippen molar-refractivity contribution in [2.45, 2.75) is 46.0 Å². The second-order valence-electron chi connectivity index (χ2n) is 5.41. The molecule has 0 radical (unpaired) electrons. The molecule has 0 aromatic carbocycles. The van der Waals surface area contributed by atoms with Crippen molar-refractivity contribution >= 4 is 5.91 Å². The molecule has 4 heteroatoms. The predicted octanol–water partition coefficient (Wildman–Crippen LogP) is 2.66. The minimum atomic E-state index is -0.00105. The Morgan fingerprint density at radius 2 is 2.06 bits per heavy atom. The number of aromatic amines is 1. The molecule has 1 heterocycles. The summed E-state index contributed by atoms with van der Waals surface area (Å²) >= 11 is 0. The Kier molecular flexibility index (Phi) is 4.39. The average molecular weight is 249 g/mol. The predicted molar refractivity (Wildman–Crippen MR) is 71.4 cm³/mol. The van der Waals surface area contributed by atoms with E-state index in [1.165, 1.54) is 32.1 Å². The van der Waals surface area contributed by atoms with E-state index in [4.69, 9.17) is 0 Å². The highest BCUT2D eigenvalue weighted by Gasteiger charge is 2.20. The van der Waals surface area contributed by atoms with Crippen LogP contribution < -0.4 is 5.32 Å². The third-order valence-corrected chi connectivity index (χ3v) is 4.17. The van der Waals surface area contributed by atoms with Gasteiger partial charge in [-0.05, 0) is 31.6 Å². The van der Waals surface area contributed by atoms with E-state index in [1.54, 1.807) is 6.20 Å². The van der Waals surface area contributed by atoms with Crippen LogP contribution in [0.15, 0.2) is 6.20 Å². The van der Waals surface area contributed by atoms with Gasteiger partial charge in [0.05, 0.1) is 11.8 Å². The van der Waals surface area contributed by atoms with Gasteiger partial charge in [-0.3, -0.25) is 9.89 Å². The molecule has 1 saturated carbocycles. The number of carbonyl (C=O) groups is 1. The van der Waals surface area contributed by atoms with Gasteiger partial charge >= 0.3 is 0 Å². The number of hydrogen-bond acceptors (Lipinski definition) is 2. The molecule has 1 aromatic heterocycles. The van der Waals surface area contributed by atoms with Gasteiger partial charge in [0.25, 0.3) is 5.91 Å². The van der Waals surface area contributed by atoms with Crippen molar-refractivity contribution in [1.82, 2.24) is 15.5 Å². The van der Waals surface area contributed by atoms with Gasteiger partial charge in [-0.1, -0.05) is 26.2 Å². The van der Waals surface area contributed by atoms with Gasteiger partial charge in [0.1, 0.15) is 0 Å². The summed E-state index contributed by atoms with van der Waals surface area (Å²) < 4.78 is 0. The monoisotopic (exact) mass is 249 g/mol. The van der Waals surface area contributed by atoms with Crippen molar-refractivity contribution in [3.05, 3.63) is 17.5 Å². The standard InChI is InChI=1S/C14H23N3O/c1-3-11-4-6-12(7-5-11)8-15-14(18)13-9-16-17-10(13)2/h9,11-12H,3-8H2,1-2H3,(H,15,18)(H,16,17). The Morgan fingerprint density at radius 3 is 2.61 bits per heavy atom. The van der Waals surface area contributed by atoms with Crippen LogP contribution in [0.2, 0.25) is 0 Å². The average Bonchev–Trinajstić information content (AvgIpc) is 2.83. The van der Waals surface area contributed by atoms with Crippen LogP contribution in [0.1, 0.15) is 55.1 Å². The van der Waals surface area contributed by atoms with E-state index in [0.29, 0.717) is 11.5 Å². The first-order valence-electron chi connectivity index (χ1n) is 6.98. The van der Waals surface area contributed by atoms with Gasteiger partial charge in [0, 0.05) is 12.2 Å². The molecule has 18 heavy (non-hydrogen) atoms. The molecule has 1 fully saturated rings. The fourth-order valence-electron chi connectivity index (χ4n) is 2.76. The molecule has 4 nitrogen and oxygen atoms in total. The Labute approximate surface area is 109 Å². The molecule has 0 spiro atoms. The molecular formula is C14H23N3O. The summed E-state index contributed by atoms with van der Waals surface area (Å²) in [6.45, 7) is 4.95. The third kappa shape index (κ3) is 3.12. The molecule has 0 unspecified atom stereocenters. The zero-order valence-electron chi connectivity index (χ0n) is 11.3. The number of aryl methyl sites for hydroxylation is 1. The lowest BCUT2D eigenvalue weighted by atomic mass is 9.81. The molecular weight excluding hydrogens is 226 g/mol. The van der Waals surface area contributed by atoms with Crippen LogP contribution in [0.25, 0.3) is 0 Å². The van der Waals surface area contributed by atoms with Crippen molar-refractivity contribution in [1.29, 1.82) is 0 Å². The summed E-state index contributed by atoms with van der Waals surface area (Å²) in [7, 11) is 0. The molecule has 1 amide bonds. The first-order chi connectivity index (χ1) is 8.70. The molecule has 0 saturated heterocycles. The second-order valence-corrected chi connectivity index (χ2v) is 5.41. The number of hydrogen-bond donors (Lipinski definition) is 2. The first-order valence-corrected chi connectivity index (χ1v) is 6.98. The fraction of sp³-hybridized carbons (Fsp3) is 0.714. The van der Waals surface area contributed by atoms with Crippen LogP contribution in [0, 0.1) is 18.8 Å². The minimum Gasteiger partial charge on any atom is -0.352 e. The molecule has 1 aliphatic carbocycles. The number of H-pyrrole nitrogens is 1. The van der Waals surface area contributed by atoms with Gasteiger partial charge < -0.3 is 5.32 Å².